The Morgan fingerprint density at radius 3 is 2.67 bits per heavy atom. The maximum absolute atomic E-state index is 13.6. The van der Waals surface area contributed by atoms with Crippen molar-refractivity contribution in [2.24, 2.45) is 0 Å². The molecule has 0 aliphatic rings. The number of anilines is 1. The molecule has 0 aliphatic carbocycles. The lowest BCUT2D eigenvalue weighted by Crippen LogP contribution is -2.14. The molecule has 1 aromatic heterocycles. The van der Waals surface area contributed by atoms with Crippen LogP contribution in [0.4, 0.5) is 10.1 Å². The van der Waals surface area contributed by atoms with Crippen molar-refractivity contribution >= 4 is 34.3 Å². The van der Waals surface area contributed by atoms with Crippen LogP contribution < -0.4 is 5.32 Å². The van der Waals surface area contributed by atoms with Crippen molar-refractivity contribution in [3.63, 3.8) is 0 Å². The van der Waals surface area contributed by atoms with Gasteiger partial charge in [0.2, 0.25) is 5.91 Å². The number of thioether (sulfide) groups is 1. The number of hydrogen-bond acceptors (Lipinski definition) is 2. The summed E-state index contributed by atoms with van der Waals surface area (Å²) in [6.07, 6.45) is 2.05. The van der Waals surface area contributed by atoms with E-state index in [-0.39, 0.29) is 11.7 Å². The van der Waals surface area contributed by atoms with Crippen molar-refractivity contribution in [2.75, 3.05) is 11.1 Å². The summed E-state index contributed by atoms with van der Waals surface area (Å²) < 4.78 is 15.7. The van der Waals surface area contributed by atoms with E-state index in [9.17, 15) is 9.18 Å². The molecule has 0 saturated carbocycles. The van der Waals surface area contributed by atoms with E-state index < -0.39 is 0 Å². The van der Waals surface area contributed by atoms with Crippen molar-refractivity contribution < 1.29 is 9.18 Å². The zero-order chi connectivity index (χ0) is 21.1. The van der Waals surface area contributed by atoms with Crippen LogP contribution in [0.25, 0.3) is 10.9 Å². The van der Waals surface area contributed by atoms with Crippen LogP contribution in [0, 0.1) is 19.7 Å². The number of para-hydroxylation sites is 1. The molecule has 1 amide bonds. The zero-order valence-corrected chi connectivity index (χ0v) is 17.8. The van der Waals surface area contributed by atoms with Gasteiger partial charge >= 0.3 is 0 Å². The van der Waals surface area contributed by atoms with Crippen molar-refractivity contribution in [2.45, 2.75) is 25.3 Å². The lowest BCUT2D eigenvalue weighted by Gasteiger charge is -2.08. The number of aryl methyl sites for hydroxylation is 2. The summed E-state index contributed by atoms with van der Waals surface area (Å²) in [6, 6.07) is 20.7. The van der Waals surface area contributed by atoms with Gasteiger partial charge in [-0.2, -0.15) is 0 Å². The molecule has 152 valence electrons. The van der Waals surface area contributed by atoms with Gasteiger partial charge in [-0.3, -0.25) is 4.79 Å². The van der Waals surface area contributed by atoms with E-state index in [1.54, 1.807) is 12.1 Å². The molecule has 1 N–H and O–H groups in total. The van der Waals surface area contributed by atoms with Gasteiger partial charge in [0, 0.05) is 34.2 Å². The van der Waals surface area contributed by atoms with Crippen LogP contribution in [0.1, 0.15) is 16.7 Å². The molecule has 4 aromatic rings. The van der Waals surface area contributed by atoms with Gasteiger partial charge in [0.05, 0.1) is 5.75 Å². The third-order valence-corrected chi connectivity index (χ3v) is 6.05. The average Bonchev–Trinajstić information content (AvgIpc) is 3.06. The number of fused-ring (bicyclic) bond motifs is 1. The van der Waals surface area contributed by atoms with Gasteiger partial charge in [-0.15, -0.1) is 11.8 Å². The second-order valence-corrected chi connectivity index (χ2v) is 8.44. The van der Waals surface area contributed by atoms with Crippen molar-refractivity contribution in [3.8, 4) is 0 Å². The maximum Gasteiger partial charge on any atom is 0.234 e. The summed E-state index contributed by atoms with van der Waals surface area (Å²) in [5.41, 5.74) is 5.05. The molecule has 30 heavy (non-hydrogen) atoms. The molecule has 0 atom stereocenters. The molecule has 5 heteroatoms. The van der Waals surface area contributed by atoms with E-state index in [2.05, 4.69) is 28.1 Å². The Kier molecular flexibility index (Phi) is 5.91. The van der Waals surface area contributed by atoms with Crippen LogP contribution >= 0.6 is 11.8 Å². The smallest absolute Gasteiger partial charge is 0.234 e. The number of amides is 1. The van der Waals surface area contributed by atoms with E-state index >= 15 is 0 Å². The molecular formula is C25H23FN2OS. The number of carbonyl (C=O) groups is 1. The number of nitrogens with one attached hydrogen (secondary N) is 1. The number of carbonyl (C=O) groups excluding carboxylic acids is 1. The topological polar surface area (TPSA) is 34.0 Å². The van der Waals surface area contributed by atoms with E-state index in [4.69, 9.17) is 0 Å². The predicted molar refractivity (Wildman–Crippen MR) is 123 cm³/mol. The largest absolute Gasteiger partial charge is 0.342 e. The van der Waals surface area contributed by atoms with Gasteiger partial charge in [-0.05, 0) is 49.2 Å². The lowest BCUT2D eigenvalue weighted by atomic mass is 10.1. The number of nitrogens with zero attached hydrogens (tertiary/aromatic N) is 1. The quantitative estimate of drug-likeness (QED) is 0.380. The molecule has 0 fully saturated rings. The molecule has 0 radical (unpaired) electrons. The fraction of sp³-hybridized carbons (Fsp3) is 0.160. The van der Waals surface area contributed by atoms with Crippen LogP contribution in [0.2, 0.25) is 0 Å². The van der Waals surface area contributed by atoms with Gasteiger partial charge in [0.1, 0.15) is 5.82 Å². The second-order valence-electron chi connectivity index (χ2n) is 7.42. The highest BCUT2D eigenvalue weighted by molar-refractivity contribution is 8.00. The number of halogens is 1. The normalized spacial score (nSPS) is 11.0. The van der Waals surface area contributed by atoms with E-state index in [1.165, 1.54) is 23.4 Å². The summed E-state index contributed by atoms with van der Waals surface area (Å²) in [5.74, 6) is 0.0527. The first-order valence-electron chi connectivity index (χ1n) is 9.82. The first-order chi connectivity index (χ1) is 14.5. The maximum atomic E-state index is 13.6. The fourth-order valence-corrected chi connectivity index (χ4v) is 4.46. The van der Waals surface area contributed by atoms with Crippen LogP contribution in [-0.4, -0.2) is 16.2 Å². The van der Waals surface area contributed by atoms with E-state index in [0.29, 0.717) is 12.3 Å². The highest BCUT2D eigenvalue weighted by Gasteiger charge is 2.12. The number of benzene rings is 3. The number of hydrogen-bond donors (Lipinski definition) is 1. The Bertz CT molecular complexity index is 1210. The molecule has 0 saturated heterocycles. The Balaban J connectivity index is 1.51. The van der Waals surface area contributed by atoms with Crippen molar-refractivity contribution in [1.29, 1.82) is 0 Å². The summed E-state index contributed by atoms with van der Waals surface area (Å²) >= 11 is 1.51. The molecular weight excluding hydrogens is 395 g/mol. The Morgan fingerprint density at radius 2 is 1.87 bits per heavy atom. The first kappa shape index (κ1) is 20.2. The second kappa shape index (κ2) is 8.76. The molecule has 1 heterocycles. The molecule has 0 unspecified atom stereocenters. The third kappa shape index (κ3) is 4.57. The van der Waals surface area contributed by atoms with E-state index in [1.807, 2.05) is 50.4 Å². The predicted octanol–water partition coefficient (Wildman–Crippen LogP) is 6.18. The summed E-state index contributed by atoms with van der Waals surface area (Å²) in [4.78, 5) is 13.6. The molecule has 0 bridgehead atoms. The van der Waals surface area contributed by atoms with Gasteiger partial charge in [-0.25, -0.2) is 4.39 Å². The first-order valence-corrected chi connectivity index (χ1v) is 10.8. The zero-order valence-electron chi connectivity index (χ0n) is 17.0. The average molecular weight is 419 g/mol. The van der Waals surface area contributed by atoms with Crippen molar-refractivity contribution in [3.05, 3.63) is 95.4 Å². The number of aromatic nitrogens is 1. The highest BCUT2D eigenvalue weighted by Crippen LogP contribution is 2.31. The van der Waals surface area contributed by atoms with Gasteiger partial charge < -0.3 is 9.88 Å². The summed E-state index contributed by atoms with van der Waals surface area (Å²) in [6.45, 7) is 4.61. The van der Waals surface area contributed by atoms with Crippen LogP contribution in [-0.2, 0) is 11.3 Å². The Labute approximate surface area is 179 Å². The highest BCUT2D eigenvalue weighted by atomic mass is 32.2. The van der Waals surface area contributed by atoms with Gasteiger partial charge in [-0.1, -0.05) is 48.0 Å². The molecule has 4 rings (SSSR count). The SMILES string of the molecule is Cc1ccc(NC(=O)CSc2cn(Cc3cccc(F)c3)c3ccccc23)c(C)c1. The Morgan fingerprint density at radius 1 is 1.03 bits per heavy atom. The molecule has 3 nitrogen and oxygen atoms in total. The van der Waals surface area contributed by atoms with E-state index in [0.717, 1.165) is 32.6 Å². The summed E-state index contributed by atoms with van der Waals surface area (Å²) in [5, 5.41) is 4.10. The summed E-state index contributed by atoms with van der Waals surface area (Å²) in [7, 11) is 0. The Hall–Kier alpha value is -3.05. The molecule has 0 spiro atoms. The minimum Gasteiger partial charge on any atom is -0.342 e. The van der Waals surface area contributed by atoms with Gasteiger partial charge in [0.25, 0.3) is 0 Å². The standard InChI is InChI=1S/C25H23FN2OS/c1-17-10-11-22(18(2)12-17)27-25(29)16-30-24-15-28(23-9-4-3-8-21(23)24)14-19-6-5-7-20(26)13-19/h3-13,15H,14,16H2,1-2H3,(H,27,29). The van der Waals surface area contributed by atoms with Crippen LogP contribution in [0.3, 0.4) is 0 Å². The fourth-order valence-electron chi connectivity index (χ4n) is 3.57. The van der Waals surface area contributed by atoms with Crippen LogP contribution in [0.5, 0.6) is 0 Å². The minimum atomic E-state index is -0.235. The van der Waals surface area contributed by atoms with Crippen molar-refractivity contribution in [1.82, 2.24) is 4.57 Å². The minimum absolute atomic E-state index is 0.0334. The van der Waals surface area contributed by atoms with Gasteiger partial charge in [0.15, 0.2) is 0 Å². The number of rotatable bonds is 6. The lowest BCUT2D eigenvalue weighted by molar-refractivity contribution is -0.113. The monoisotopic (exact) mass is 418 g/mol. The molecule has 3 aromatic carbocycles. The third-order valence-electron chi connectivity index (χ3n) is 5.01. The molecule has 0 aliphatic heterocycles. The van der Waals surface area contributed by atoms with Crippen LogP contribution in [0.15, 0.2) is 77.8 Å².